The average Bonchev–Trinajstić information content (AvgIpc) is 2.92. The molecule has 0 amide bonds. The van der Waals surface area contributed by atoms with Gasteiger partial charge in [0.25, 0.3) is 0 Å². The first kappa shape index (κ1) is 14.3. The lowest BCUT2D eigenvalue weighted by Gasteiger charge is -2.34. The Kier molecular flexibility index (Phi) is 4.05. The van der Waals surface area contributed by atoms with Crippen molar-refractivity contribution < 1.29 is 9.53 Å². The van der Waals surface area contributed by atoms with E-state index in [0.29, 0.717) is 18.2 Å². The Bertz CT molecular complexity index is 655. The molecule has 1 aliphatic rings. The second kappa shape index (κ2) is 5.97. The average molecular weight is 305 g/mol. The molecular formula is C15H19N3O2S. The van der Waals surface area contributed by atoms with Crippen molar-refractivity contribution in [1.82, 2.24) is 9.97 Å². The molecule has 0 saturated carbocycles. The predicted molar refractivity (Wildman–Crippen MR) is 84.0 cm³/mol. The molecule has 2 aromatic rings. The van der Waals surface area contributed by atoms with Crippen LogP contribution in [-0.2, 0) is 4.74 Å². The van der Waals surface area contributed by atoms with E-state index in [9.17, 15) is 4.79 Å². The third kappa shape index (κ3) is 2.60. The standard InChI is InChI=1S/C15H19N3O2S/c1-3-20-15(19)11-8-21-14-12(11)13(16-9-17-14)18-7-5-4-6-10(18)2/h8-10H,3-7H2,1-2H3. The number of ether oxygens (including phenoxy) is 1. The van der Waals surface area contributed by atoms with Crippen LogP contribution in [0.1, 0.15) is 43.5 Å². The first-order chi connectivity index (χ1) is 10.2. The number of carbonyl (C=O) groups excluding carboxylic acids is 1. The third-order valence-corrected chi connectivity index (χ3v) is 4.81. The highest BCUT2D eigenvalue weighted by molar-refractivity contribution is 7.17. The molecule has 1 fully saturated rings. The summed E-state index contributed by atoms with van der Waals surface area (Å²) in [5.74, 6) is 0.584. The lowest BCUT2D eigenvalue weighted by atomic mass is 10.0. The molecule has 2 aromatic heterocycles. The Morgan fingerprint density at radius 1 is 1.48 bits per heavy atom. The van der Waals surface area contributed by atoms with Gasteiger partial charge in [-0.3, -0.25) is 0 Å². The monoisotopic (exact) mass is 305 g/mol. The van der Waals surface area contributed by atoms with Gasteiger partial charge < -0.3 is 9.64 Å². The number of piperidine rings is 1. The number of hydrogen-bond acceptors (Lipinski definition) is 6. The molecule has 0 aliphatic carbocycles. The van der Waals surface area contributed by atoms with Crippen LogP contribution in [0.15, 0.2) is 11.7 Å². The molecule has 6 heteroatoms. The van der Waals surface area contributed by atoms with Gasteiger partial charge in [0.1, 0.15) is 17.0 Å². The largest absolute Gasteiger partial charge is 0.462 e. The molecule has 21 heavy (non-hydrogen) atoms. The zero-order chi connectivity index (χ0) is 14.8. The van der Waals surface area contributed by atoms with Crippen LogP contribution in [0.2, 0.25) is 0 Å². The van der Waals surface area contributed by atoms with Crippen molar-refractivity contribution in [2.45, 2.75) is 39.2 Å². The van der Waals surface area contributed by atoms with Crippen molar-refractivity contribution in [3.05, 3.63) is 17.3 Å². The topological polar surface area (TPSA) is 55.3 Å². The number of fused-ring (bicyclic) bond motifs is 1. The maximum absolute atomic E-state index is 12.1. The predicted octanol–water partition coefficient (Wildman–Crippen LogP) is 3.25. The molecule has 1 atom stereocenters. The molecule has 0 aromatic carbocycles. The van der Waals surface area contributed by atoms with Gasteiger partial charge in [0, 0.05) is 18.0 Å². The van der Waals surface area contributed by atoms with Gasteiger partial charge in [-0.2, -0.15) is 0 Å². The fourth-order valence-corrected chi connectivity index (χ4v) is 3.72. The maximum Gasteiger partial charge on any atom is 0.339 e. The molecule has 112 valence electrons. The van der Waals surface area contributed by atoms with Gasteiger partial charge in [0.05, 0.1) is 17.6 Å². The number of rotatable bonds is 3. The van der Waals surface area contributed by atoms with E-state index in [2.05, 4.69) is 21.8 Å². The summed E-state index contributed by atoms with van der Waals surface area (Å²) in [5.41, 5.74) is 0.588. The van der Waals surface area contributed by atoms with Crippen LogP contribution in [0.3, 0.4) is 0 Å². The van der Waals surface area contributed by atoms with Gasteiger partial charge in [-0.05, 0) is 33.1 Å². The number of aromatic nitrogens is 2. The van der Waals surface area contributed by atoms with E-state index in [0.717, 1.165) is 35.4 Å². The molecule has 3 heterocycles. The fourth-order valence-electron chi connectivity index (χ4n) is 2.85. The van der Waals surface area contributed by atoms with Gasteiger partial charge in [0.2, 0.25) is 0 Å². The molecule has 0 radical (unpaired) electrons. The Balaban J connectivity index is 2.09. The molecule has 5 nitrogen and oxygen atoms in total. The van der Waals surface area contributed by atoms with Gasteiger partial charge in [-0.15, -0.1) is 11.3 Å². The molecule has 1 unspecified atom stereocenters. The highest BCUT2D eigenvalue weighted by Crippen LogP contribution is 2.34. The molecule has 0 spiro atoms. The highest BCUT2D eigenvalue weighted by Gasteiger charge is 2.25. The summed E-state index contributed by atoms with van der Waals surface area (Å²) in [5, 5.41) is 2.67. The Labute approximate surface area is 128 Å². The third-order valence-electron chi connectivity index (χ3n) is 3.92. The minimum atomic E-state index is -0.288. The fraction of sp³-hybridized carbons (Fsp3) is 0.533. The smallest absolute Gasteiger partial charge is 0.339 e. The number of nitrogens with zero attached hydrogens (tertiary/aromatic N) is 3. The summed E-state index contributed by atoms with van der Waals surface area (Å²) in [4.78, 5) is 24.1. The van der Waals surface area contributed by atoms with Crippen molar-refractivity contribution in [2.75, 3.05) is 18.1 Å². The van der Waals surface area contributed by atoms with E-state index >= 15 is 0 Å². The lowest BCUT2D eigenvalue weighted by Crippen LogP contribution is -2.38. The lowest BCUT2D eigenvalue weighted by molar-refractivity contribution is 0.0529. The maximum atomic E-state index is 12.1. The number of esters is 1. The SMILES string of the molecule is CCOC(=O)c1csc2ncnc(N3CCCCC3C)c12. The van der Waals surface area contributed by atoms with Gasteiger partial charge >= 0.3 is 5.97 Å². The van der Waals surface area contributed by atoms with E-state index < -0.39 is 0 Å². The summed E-state index contributed by atoms with van der Waals surface area (Å²) in [6.45, 7) is 5.38. The Morgan fingerprint density at radius 2 is 2.33 bits per heavy atom. The van der Waals surface area contributed by atoms with E-state index in [1.165, 1.54) is 17.8 Å². The summed E-state index contributed by atoms with van der Waals surface area (Å²) < 4.78 is 5.16. The van der Waals surface area contributed by atoms with Crippen LogP contribution in [0.5, 0.6) is 0 Å². The first-order valence-electron chi connectivity index (χ1n) is 7.38. The second-order valence-electron chi connectivity index (χ2n) is 5.29. The van der Waals surface area contributed by atoms with E-state index in [4.69, 9.17) is 4.74 Å². The van der Waals surface area contributed by atoms with Crippen molar-refractivity contribution in [3.8, 4) is 0 Å². The quantitative estimate of drug-likeness (QED) is 0.815. The van der Waals surface area contributed by atoms with E-state index in [1.54, 1.807) is 6.33 Å². The number of carbonyl (C=O) groups is 1. The summed E-state index contributed by atoms with van der Waals surface area (Å²) in [6.07, 6.45) is 5.16. The summed E-state index contributed by atoms with van der Waals surface area (Å²) >= 11 is 1.47. The second-order valence-corrected chi connectivity index (χ2v) is 6.14. The number of hydrogen-bond donors (Lipinski definition) is 0. The van der Waals surface area contributed by atoms with Crippen molar-refractivity contribution in [2.24, 2.45) is 0 Å². The molecule has 0 N–H and O–H groups in total. The van der Waals surface area contributed by atoms with Crippen LogP contribution >= 0.6 is 11.3 Å². The zero-order valence-electron chi connectivity index (χ0n) is 12.3. The number of anilines is 1. The van der Waals surface area contributed by atoms with E-state index in [-0.39, 0.29) is 5.97 Å². The van der Waals surface area contributed by atoms with E-state index in [1.807, 2.05) is 12.3 Å². The summed E-state index contributed by atoms with van der Waals surface area (Å²) in [6, 6.07) is 0.437. The molecular weight excluding hydrogens is 286 g/mol. The van der Waals surface area contributed by atoms with Crippen LogP contribution in [0.4, 0.5) is 5.82 Å². The first-order valence-corrected chi connectivity index (χ1v) is 8.26. The van der Waals surface area contributed by atoms with Gasteiger partial charge in [0.15, 0.2) is 0 Å². The van der Waals surface area contributed by atoms with Gasteiger partial charge in [-0.1, -0.05) is 0 Å². The van der Waals surface area contributed by atoms with Crippen LogP contribution in [0, 0.1) is 0 Å². The highest BCUT2D eigenvalue weighted by atomic mass is 32.1. The summed E-state index contributed by atoms with van der Waals surface area (Å²) in [7, 11) is 0. The Morgan fingerprint density at radius 3 is 3.10 bits per heavy atom. The molecule has 3 rings (SSSR count). The number of thiophene rings is 1. The van der Waals surface area contributed by atoms with Crippen LogP contribution in [-0.4, -0.2) is 35.1 Å². The van der Waals surface area contributed by atoms with Gasteiger partial charge in [-0.25, -0.2) is 14.8 Å². The minimum Gasteiger partial charge on any atom is -0.462 e. The van der Waals surface area contributed by atoms with Crippen molar-refractivity contribution in [1.29, 1.82) is 0 Å². The zero-order valence-corrected chi connectivity index (χ0v) is 13.2. The molecule has 1 saturated heterocycles. The Hall–Kier alpha value is -1.69. The van der Waals surface area contributed by atoms with Crippen LogP contribution in [0.25, 0.3) is 10.2 Å². The molecule has 1 aliphatic heterocycles. The minimum absolute atomic E-state index is 0.288. The normalized spacial score (nSPS) is 19.0. The van der Waals surface area contributed by atoms with Crippen molar-refractivity contribution in [3.63, 3.8) is 0 Å². The van der Waals surface area contributed by atoms with Crippen LogP contribution < -0.4 is 4.90 Å². The van der Waals surface area contributed by atoms with Crippen molar-refractivity contribution >= 4 is 33.3 Å². The molecule has 0 bridgehead atoms.